The van der Waals surface area contributed by atoms with Crippen LogP contribution in [0.25, 0.3) is 0 Å². The van der Waals surface area contributed by atoms with Crippen molar-refractivity contribution in [2.24, 2.45) is 0 Å². The van der Waals surface area contributed by atoms with E-state index in [0.29, 0.717) is 40.5 Å². The molecule has 2 rings (SSSR count). The molecular weight excluding hydrogens is 465 g/mol. The van der Waals surface area contributed by atoms with Crippen molar-refractivity contribution in [3.63, 3.8) is 0 Å². The number of ether oxygens (including phenoxy) is 2. The lowest BCUT2D eigenvalue weighted by Crippen LogP contribution is -2.23. The molecular formula is C22H26Cl3NO3S. The summed E-state index contributed by atoms with van der Waals surface area (Å²) >= 11 is 20.1. The van der Waals surface area contributed by atoms with Crippen LogP contribution < -0.4 is 14.2 Å². The van der Waals surface area contributed by atoms with Crippen molar-refractivity contribution in [2.45, 2.75) is 25.7 Å². The lowest BCUT2D eigenvalue weighted by molar-refractivity contribution is -0.119. The van der Waals surface area contributed by atoms with E-state index in [-0.39, 0.29) is 18.9 Å². The van der Waals surface area contributed by atoms with Crippen molar-refractivity contribution < 1.29 is 14.3 Å². The second-order valence-corrected chi connectivity index (χ2v) is 8.99. The Balaban J connectivity index is 2.24. The molecule has 2 aromatic carbocycles. The van der Waals surface area contributed by atoms with E-state index in [1.165, 1.54) is 11.9 Å². The van der Waals surface area contributed by atoms with E-state index in [1.807, 2.05) is 36.6 Å². The molecule has 4 nitrogen and oxygen atoms in total. The molecule has 2 aromatic rings. The van der Waals surface area contributed by atoms with E-state index in [9.17, 15) is 4.79 Å². The SMILES string of the molecule is CSNCC(=O)COc1cccc(C(C)(C)c2ccc(Cl)c(OCCCCl)c2Cl)c1. The van der Waals surface area contributed by atoms with Crippen LogP contribution in [0, 0.1) is 0 Å². The molecule has 0 radical (unpaired) electrons. The highest BCUT2D eigenvalue weighted by Gasteiger charge is 2.28. The van der Waals surface area contributed by atoms with Gasteiger partial charge in [-0.2, -0.15) is 0 Å². The smallest absolute Gasteiger partial charge is 0.184 e. The van der Waals surface area contributed by atoms with Gasteiger partial charge in [0.25, 0.3) is 0 Å². The molecule has 0 unspecified atom stereocenters. The number of nitrogens with one attached hydrogen (secondary N) is 1. The number of halogens is 3. The molecule has 1 N–H and O–H groups in total. The van der Waals surface area contributed by atoms with Crippen molar-refractivity contribution in [2.75, 3.05) is 31.9 Å². The van der Waals surface area contributed by atoms with Crippen LogP contribution in [0.4, 0.5) is 0 Å². The monoisotopic (exact) mass is 489 g/mol. The van der Waals surface area contributed by atoms with Gasteiger partial charge in [0.05, 0.1) is 23.2 Å². The van der Waals surface area contributed by atoms with Gasteiger partial charge in [0, 0.05) is 11.3 Å². The Labute approximate surface area is 197 Å². The predicted octanol–water partition coefficient (Wildman–Crippen LogP) is 6.14. The van der Waals surface area contributed by atoms with Gasteiger partial charge in [0.1, 0.15) is 12.4 Å². The van der Waals surface area contributed by atoms with Crippen molar-refractivity contribution in [3.8, 4) is 11.5 Å². The first kappa shape index (κ1) is 25.2. The zero-order valence-electron chi connectivity index (χ0n) is 17.3. The highest BCUT2D eigenvalue weighted by molar-refractivity contribution is 7.96. The molecule has 0 fully saturated rings. The van der Waals surface area contributed by atoms with Crippen LogP contribution in [0.5, 0.6) is 11.5 Å². The Morgan fingerprint density at radius 1 is 1.17 bits per heavy atom. The maximum absolute atomic E-state index is 11.8. The van der Waals surface area contributed by atoms with E-state index in [1.54, 1.807) is 6.07 Å². The van der Waals surface area contributed by atoms with Crippen LogP contribution in [0.15, 0.2) is 36.4 Å². The Morgan fingerprint density at radius 3 is 2.63 bits per heavy atom. The zero-order valence-corrected chi connectivity index (χ0v) is 20.4. The van der Waals surface area contributed by atoms with Crippen LogP contribution in [0.2, 0.25) is 10.0 Å². The van der Waals surface area contributed by atoms with Crippen molar-refractivity contribution >= 4 is 52.5 Å². The predicted molar refractivity (Wildman–Crippen MR) is 128 cm³/mol. The third-order valence-corrected chi connectivity index (χ3v) is 5.99. The summed E-state index contributed by atoms with van der Waals surface area (Å²) < 4.78 is 14.4. The molecule has 0 spiro atoms. The summed E-state index contributed by atoms with van der Waals surface area (Å²) in [6, 6.07) is 11.4. The van der Waals surface area contributed by atoms with Gasteiger partial charge in [0.15, 0.2) is 11.5 Å². The summed E-state index contributed by atoms with van der Waals surface area (Å²) in [5.74, 6) is 1.58. The molecule has 0 saturated carbocycles. The Bertz CT molecular complexity index is 862. The molecule has 0 aliphatic heterocycles. The minimum absolute atomic E-state index is 0.0116. The molecule has 0 heterocycles. The average Bonchev–Trinajstić information content (AvgIpc) is 2.73. The first-order valence-electron chi connectivity index (χ1n) is 9.49. The van der Waals surface area contributed by atoms with E-state index in [4.69, 9.17) is 44.3 Å². The number of hydrogen-bond acceptors (Lipinski definition) is 5. The molecule has 164 valence electrons. The number of alkyl halides is 1. The van der Waals surface area contributed by atoms with Gasteiger partial charge >= 0.3 is 0 Å². The topological polar surface area (TPSA) is 47.6 Å². The fourth-order valence-corrected chi connectivity index (χ4v) is 4.00. The zero-order chi connectivity index (χ0) is 22.1. The summed E-state index contributed by atoms with van der Waals surface area (Å²) in [7, 11) is 0. The summed E-state index contributed by atoms with van der Waals surface area (Å²) in [5.41, 5.74) is 1.42. The molecule has 0 bridgehead atoms. The van der Waals surface area contributed by atoms with Crippen LogP contribution in [0.1, 0.15) is 31.4 Å². The summed E-state index contributed by atoms with van der Waals surface area (Å²) in [6.07, 6.45) is 2.57. The van der Waals surface area contributed by atoms with Crippen LogP contribution in [-0.4, -0.2) is 37.7 Å². The number of benzene rings is 2. The van der Waals surface area contributed by atoms with Crippen molar-refractivity contribution in [1.29, 1.82) is 0 Å². The van der Waals surface area contributed by atoms with E-state index < -0.39 is 5.41 Å². The highest BCUT2D eigenvalue weighted by atomic mass is 35.5. The molecule has 0 atom stereocenters. The van der Waals surface area contributed by atoms with Crippen LogP contribution >= 0.6 is 46.8 Å². The summed E-state index contributed by atoms with van der Waals surface area (Å²) in [4.78, 5) is 11.8. The van der Waals surface area contributed by atoms with Crippen molar-refractivity contribution in [1.82, 2.24) is 4.72 Å². The lowest BCUT2D eigenvalue weighted by atomic mass is 9.78. The largest absolute Gasteiger partial charge is 0.490 e. The number of rotatable bonds is 12. The number of carbonyl (C=O) groups excluding carboxylic acids is 1. The molecule has 0 aliphatic carbocycles. The maximum Gasteiger partial charge on any atom is 0.184 e. The lowest BCUT2D eigenvalue weighted by Gasteiger charge is -2.28. The standard InChI is InChI=1S/C22H26Cl3NO3S/c1-22(2,18-8-9-19(24)21(20(18)25)28-11-5-10-23)15-6-4-7-17(12-15)29-14-16(27)13-26-30-3/h4,6-9,12,26H,5,10-11,13-14H2,1-3H3. The highest BCUT2D eigenvalue weighted by Crippen LogP contribution is 2.43. The average molecular weight is 491 g/mol. The normalized spacial score (nSPS) is 11.4. The quantitative estimate of drug-likeness (QED) is 0.220. The van der Waals surface area contributed by atoms with Crippen LogP contribution in [0.3, 0.4) is 0 Å². The Morgan fingerprint density at radius 2 is 1.93 bits per heavy atom. The van der Waals surface area contributed by atoms with Gasteiger partial charge < -0.3 is 9.47 Å². The molecule has 0 aliphatic rings. The van der Waals surface area contributed by atoms with E-state index in [0.717, 1.165) is 11.1 Å². The van der Waals surface area contributed by atoms with Gasteiger partial charge in [-0.25, -0.2) is 0 Å². The molecule has 8 heteroatoms. The molecule has 0 amide bonds. The van der Waals surface area contributed by atoms with E-state index >= 15 is 0 Å². The number of ketones is 1. The summed E-state index contributed by atoms with van der Waals surface area (Å²) in [6.45, 7) is 4.85. The number of carbonyl (C=O) groups is 1. The third-order valence-electron chi connectivity index (χ3n) is 4.62. The molecule has 0 saturated heterocycles. The van der Waals surface area contributed by atoms with Gasteiger partial charge in [0.2, 0.25) is 0 Å². The minimum Gasteiger partial charge on any atom is -0.490 e. The number of hydrogen-bond donors (Lipinski definition) is 1. The number of Topliss-reactive ketones (excluding diaryl/α,β-unsaturated/α-hetero) is 1. The second-order valence-electron chi connectivity index (χ2n) is 7.13. The van der Waals surface area contributed by atoms with Crippen molar-refractivity contribution in [3.05, 3.63) is 57.6 Å². The van der Waals surface area contributed by atoms with Gasteiger partial charge in [-0.05, 0) is 42.0 Å². The maximum atomic E-state index is 11.8. The first-order chi connectivity index (χ1) is 14.3. The van der Waals surface area contributed by atoms with Crippen LogP contribution in [-0.2, 0) is 10.2 Å². The third kappa shape index (κ3) is 6.69. The fraction of sp³-hybridized carbons (Fsp3) is 0.409. The first-order valence-corrected chi connectivity index (χ1v) is 12.0. The second kappa shape index (κ2) is 12.1. The molecule has 30 heavy (non-hydrogen) atoms. The molecule has 0 aromatic heterocycles. The fourth-order valence-electron chi connectivity index (χ4n) is 2.87. The Hall–Kier alpha value is -1.11. The minimum atomic E-state index is -0.448. The van der Waals surface area contributed by atoms with Gasteiger partial charge in [-0.15, -0.1) is 11.6 Å². The van der Waals surface area contributed by atoms with E-state index in [2.05, 4.69) is 18.6 Å². The Kier molecular flexibility index (Phi) is 10.1. The summed E-state index contributed by atoms with van der Waals surface area (Å²) in [5, 5.41) is 0.940. The van der Waals surface area contributed by atoms with Gasteiger partial charge in [-0.3, -0.25) is 9.52 Å². The van der Waals surface area contributed by atoms with Gasteiger partial charge in [-0.1, -0.05) is 67.2 Å².